The molecule has 212 valence electrons. The number of methoxy groups -OCH3 is 2. The average molecular weight is 547 g/mol. The molecule has 5 rings (SSSR count). The molecule has 3 heterocycles. The minimum Gasteiger partial charge on any atom is -0.487 e. The van der Waals surface area contributed by atoms with E-state index in [4.69, 9.17) is 14.2 Å². The molecule has 6 nitrogen and oxygen atoms in total. The number of alkyl halides is 3. The number of esters is 1. The van der Waals surface area contributed by atoms with Crippen LogP contribution in [0.25, 0.3) is 0 Å². The van der Waals surface area contributed by atoms with Gasteiger partial charge in [-0.15, -0.1) is 0 Å². The number of carbonyl (C=O) groups excluding carboxylic acids is 1. The normalized spacial score (nSPS) is 21.4. The Hall–Kier alpha value is -2.81. The van der Waals surface area contributed by atoms with E-state index in [0.717, 1.165) is 62.1 Å². The van der Waals surface area contributed by atoms with Gasteiger partial charge in [-0.1, -0.05) is 19.1 Å². The van der Waals surface area contributed by atoms with Crippen LogP contribution in [0.3, 0.4) is 0 Å². The SMILES string of the molecule is COC(=O)C(C)C(c1ccc2c(c1)OC1(CC2)CCN(C(C)c2cc(C(F)(F)F)cnc2OC)CC1)C1CC1. The van der Waals surface area contributed by atoms with E-state index in [-0.39, 0.29) is 35.3 Å². The fourth-order valence-electron chi connectivity index (χ4n) is 6.45. The Morgan fingerprint density at radius 1 is 1.13 bits per heavy atom. The molecule has 0 amide bonds. The van der Waals surface area contributed by atoms with Crippen molar-refractivity contribution in [3.63, 3.8) is 0 Å². The maximum absolute atomic E-state index is 13.4. The lowest BCUT2D eigenvalue weighted by atomic mass is 9.80. The summed E-state index contributed by atoms with van der Waals surface area (Å²) in [6.45, 7) is 5.24. The van der Waals surface area contributed by atoms with Crippen LogP contribution in [0.15, 0.2) is 30.5 Å². The number of aromatic nitrogens is 1. The van der Waals surface area contributed by atoms with E-state index >= 15 is 0 Å². The standard InChI is InChI=1S/C30H37F3N2O4/c1-18(28(36)38-4)26(21-6-7-21)22-8-5-20-9-10-29(39-25(20)15-22)11-13-35(14-12-29)19(2)24-16-23(30(31,32)33)17-34-27(24)37-3/h5,8,15-19,21,26H,6-7,9-14H2,1-4H3. The molecule has 1 aromatic heterocycles. The van der Waals surface area contributed by atoms with Gasteiger partial charge in [0.05, 0.1) is 25.7 Å². The van der Waals surface area contributed by atoms with Crippen molar-refractivity contribution in [2.24, 2.45) is 11.8 Å². The van der Waals surface area contributed by atoms with Crippen molar-refractivity contribution in [3.8, 4) is 11.6 Å². The number of pyridine rings is 1. The molecule has 0 N–H and O–H groups in total. The first-order chi connectivity index (χ1) is 18.5. The van der Waals surface area contributed by atoms with Crippen LogP contribution in [-0.4, -0.2) is 48.8 Å². The van der Waals surface area contributed by atoms with Gasteiger partial charge < -0.3 is 14.2 Å². The number of carbonyl (C=O) groups is 1. The van der Waals surface area contributed by atoms with E-state index in [1.165, 1.54) is 19.8 Å². The molecule has 1 spiro atoms. The highest BCUT2D eigenvalue weighted by atomic mass is 19.4. The third-order valence-electron chi connectivity index (χ3n) is 9.00. The van der Waals surface area contributed by atoms with E-state index in [9.17, 15) is 18.0 Å². The molecule has 39 heavy (non-hydrogen) atoms. The Balaban J connectivity index is 1.31. The largest absolute Gasteiger partial charge is 0.487 e. The van der Waals surface area contributed by atoms with Gasteiger partial charge in [0.15, 0.2) is 0 Å². The predicted octanol–water partition coefficient (Wildman–Crippen LogP) is 6.33. The number of halogens is 3. The van der Waals surface area contributed by atoms with Gasteiger partial charge in [-0.05, 0) is 80.5 Å². The predicted molar refractivity (Wildman–Crippen MR) is 140 cm³/mol. The Labute approximate surface area is 227 Å². The molecule has 9 heteroatoms. The van der Waals surface area contributed by atoms with Gasteiger partial charge in [-0.2, -0.15) is 13.2 Å². The number of likely N-dealkylation sites (tertiary alicyclic amines) is 1. The van der Waals surface area contributed by atoms with E-state index < -0.39 is 11.7 Å². The highest BCUT2D eigenvalue weighted by Crippen LogP contribution is 2.49. The monoisotopic (exact) mass is 546 g/mol. The van der Waals surface area contributed by atoms with Crippen molar-refractivity contribution in [2.75, 3.05) is 27.3 Å². The van der Waals surface area contributed by atoms with E-state index in [1.807, 2.05) is 13.8 Å². The third kappa shape index (κ3) is 5.60. The molecule has 1 aromatic carbocycles. The maximum Gasteiger partial charge on any atom is 0.417 e. The van der Waals surface area contributed by atoms with Crippen molar-refractivity contribution in [3.05, 3.63) is 52.7 Å². The fraction of sp³-hybridized carbons (Fsp3) is 0.600. The summed E-state index contributed by atoms with van der Waals surface area (Å²) in [6, 6.07) is 7.28. The van der Waals surface area contributed by atoms with E-state index in [1.54, 1.807) is 0 Å². The van der Waals surface area contributed by atoms with Gasteiger partial charge in [-0.25, -0.2) is 4.98 Å². The first-order valence-electron chi connectivity index (χ1n) is 13.8. The quantitative estimate of drug-likeness (QED) is 0.378. The number of piperidine rings is 1. The van der Waals surface area contributed by atoms with Crippen LogP contribution in [0.5, 0.6) is 11.6 Å². The summed E-state index contributed by atoms with van der Waals surface area (Å²) in [7, 11) is 2.87. The number of aryl methyl sites for hydroxylation is 1. The highest BCUT2D eigenvalue weighted by Gasteiger charge is 2.43. The lowest BCUT2D eigenvalue weighted by Crippen LogP contribution is -2.50. The van der Waals surface area contributed by atoms with Crippen molar-refractivity contribution >= 4 is 5.97 Å². The molecule has 3 atom stereocenters. The molecule has 2 aliphatic heterocycles. The molecule has 1 aliphatic carbocycles. The van der Waals surface area contributed by atoms with E-state index in [2.05, 4.69) is 28.1 Å². The summed E-state index contributed by atoms with van der Waals surface area (Å²) in [5.74, 6) is 1.32. The number of ether oxygens (including phenoxy) is 3. The molecule has 1 saturated heterocycles. The average Bonchev–Trinajstić information content (AvgIpc) is 3.77. The minimum atomic E-state index is -4.46. The number of rotatable bonds is 7. The molecular formula is C30H37F3N2O4. The lowest BCUT2D eigenvalue weighted by molar-refractivity contribution is -0.145. The highest BCUT2D eigenvalue weighted by molar-refractivity contribution is 5.73. The molecule has 3 aliphatic rings. The van der Waals surface area contributed by atoms with Crippen LogP contribution in [-0.2, 0) is 22.1 Å². The fourth-order valence-corrected chi connectivity index (χ4v) is 6.45. The summed E-state index contributed by atoms with van der Waals surface area (Å²) >= 11 is 0. The van der Waals surface area contributed by atoms with Crippen molar-refractivity contribution in [1.82, 2.24) is 9.88 Å². The summed E-state index contributed by atoms with van der Waals surface area (Å²) in [5.41, 5.74) is 1.67. The van der Waals surface area contributed by atoms with Crippen LogP contribution >= 0.6 is 0 Å². The van der Waals surface area contributed by atoms with Gasteiger partial charge in [0.1, 0.15) is 11.4 Å². The van der Waals surface area contributed by atoms with Crippen LogP contribution < -0.4 is 9.47 Å². The molecule has 1 saturated carbocycles. The van der Waals surface area contributed by atoms with Gasteiger partial charge in [0.25, 0.3) is 0 Å². The summed E-state index contributed by atoms with van der Waals surface area (Å²) < 4.78 is 57.2. The topological polar surface area (TPSA) is 60.9 Å². The Morgan fingerprint density at radius 3 is 2.46 bits per heavy atom. The van der Waals surface area contributed by atoms with E-state index in [0.29, 0.717) is 24.6 Å². The third-order valence-corrected chi connectivity index (χ3v) is 9.00. The number of fused-ring (bicyclic) bond motifs is 1. The molecule has 0 radical (unpaired) electrons. The Bertz CT molecular complexity index is 1210. The zero-order valence-corrected chi connectivity index (χ0v) is 23.0. The van der Waals surface area contributed by atoms with Crippen LogP contribution in [0.2, 0.25) is 0 Å². The van der Waals surface area contributed by atoms with Crippen LogP contribution in [0.4, 0.5) is 13.2 Å². The second kappa shape index (κ2) is 10.6. The maximum atomic E-state index is 13.4. The van der Waals surface area contributed by atoms with Gasteiger partial charge in [0, 0.05) is 30.9 Å². The van der Waals surface area contributed by atoms with Crippen LogP contribution in [0.1, 0.15) is 80.2 Å². The smallest absolute Gasteiger partial charge is 0.417 e. The molecular weight excluding hydrogens is 509 g/mol. The number of benzene rings is 1. The first-order valence-corrected chi connectivity index (χ1v) is 13.8. The zero-order chi connectivity index (χ0) is 27.9. The second-order valence-electron chi connectivity index (χ2n) is 11.4. The van der Waals surface area contributed by atoms with Crippen molar-refractivity contribution < 1.29 is 32.2 Å². The molecule has 3 unspecified atom stereocenters. The number of hydrogen-bond donors (Lipinski definition) is 0. The summed E-state index contributed by atoms with van der Waals surface area (Å²) in [5, 5.41) is 0. The lowest BCUT2D eigenvalue weighted by Gasteiger charge is -2.46. The number of nitrogens with zero attached hydrogens (tertiary/aromatic N) is 2. The molecule has 2 aromatic rings. The van der Waals surface area contributed by atoms with Gasteiger partial charge in [0.2, 0.25) is 5.88 Å². The molecule has 2 fully saturated rings. The minimum absolute atomic E-state index is 0.114. The number of hydrogen-bond acceptors (Lipinski definition) is 6. The van der Waals surface area contributed by atoms with Gasteiger partial charge in [-0.3, -0.25) is 9.69 Å². The summed E-state index contributed by atoms with van der Waals surface area (Å²) in [6.07, 6.45) is 1.97. The second-order valence-corrected chi connectivity index (χ2v) is 11.4. The molecule has 0 bridgehead atoms. The van der Waals surface area contributed by atoms with Crippen molar-refractivity contribution in [2.45, 2.75) is 76.1 Å². The summed E-state index contributed by atoms with van der Waals surface area (Å²) in [4.78, 5) is 18.5. The van der Waals surface area contributed by atoms with Crippen LogP contribution in [0, 0.1) is 11.8 Å². The first kappa shape index (κ1) is 27.7. The Kier molecular flexibility index (Phi) is 7.57. The van der Waals surface area contributed by atoms with Crippen molar-refractivity contribution in [1.29, 1.82) is 0 Å². The van der Waals surface area contributed by atoms with Gasteiger partial charge >= 0.3 is 12.1 Å². The Morgan fingerprint density at radius 2 is 1.85 bits per heavy atom. The zero-order valence-electron chi connectivity index (χ0n) is 23.0.